The fourth-order valence-electron chi connectivity index (χ4n) is 1.88. The maximum absolute atomic E-state index is 3.76. The highest BCUT2D eigenvalue weighted by Crippen LogP contribution is 2.16. The number of unbranched alkanes of at least 4 members (excludes halogenated alkanes) is 1. The van der Waals surface area contributed by atoms with Crippen molar-refractivity contribution in [1.82, 2.24) is 0 Å². The first kappa shape index (κ1) is 12.0. The van der Waals surface area contributed by atoms with Crippen molar-refractivity contribution >= 4 is 0 Å². The number of aryl methyl sites for hydroxylation is 1. The predicted molar refractivity (Wildman–Crippen MR) is 68.1 cm³/mol. The lowest BCUT2D eigenvalue weighted by Crippen LogP contribution is -1.99. The summed E-state index contributed by atoms with van der Waals surface area (Å²) in [5, 5.41) is 0. The van der Waals surface area contributed by atoms with Crippen molar-refractivity contribution in [3.05, 3.63) is 48.0 Å². The molecule has 0 radical (unpaired) electrons. The first-order valence-electron chi connectivity index (χ1n) is 5.91. The Bertz CT molecular complexity index is 297. The van der Waals surface area contributed by atoms with Crippen molar-refractivity contribution < 1.29 is 0 Å². The first-order chi connectivity index (χ1) is 7.24. The van der Waals surface area contributed by atoms with E-state index in [0.29, 0.717) is 0 Å². The highest BCUT2D eigenvalue weighted by Gasteiger charge is 2.03. The summed E-state index contributed by atoms with van der Waals surface area (Å²) in [6.07, 6.45) is 6.73. The summed E-state index contributed by atoms with van der Waals surface area (Å²) in [5.74, 6) is 0.741. The molecular formula is C15H22. The molecule has 0 heterocycles. The van der Waals surface area contributed by atoms with Gasteiger partial charge in [-0.05, 0) is 42.7 Å². The highest BCUT2D eigenvalue weighted by molar-refractivity contribution is 5.27. The average Bonchev–Trinajstić information content (AvgIpc) is 2.20. The summed E-state index contributed by atoms with van der Waals surface area (Å²) >= 11 is 0. The van der Waals surface area contributed by atoms with E-state index in [1.54, 1.807) is 0 Å². The van der Waals surface area contributed by atoms with Crippen LogP contribution in [0.1, 0.15) is 37.8 Å². The van der Waals surface area contributed by atoms with Crippen molar-refractivity contribution in [3.8, 4) is 0 Å². The van der Waals surface area contributed by atoms with Gasteiger partial charge >= 0.3 is 0 Å². The van der Waals surface area contributed by atoms with E-state index in [2.05, 4.69) is 44.7 Å². The Morgan fingerprint density at radius 3 is 2.47 bits per heavy atom. The van der Waals surface area contributed by atoms with Crippen LogP contribution in [-0.4, -0.2) is 0 Å². The minimum absolute atomic E-state index is 0.741. The molecule has 0 unspecified atom stereocenters. The third kappa shape index (κ3) is 4.33. The van der Waals surface area contributed by atoms with Gasteiger partial charge in [0, 0.05) is 0 Å². The van der Waals surface area contributed by atoms with Crippen LogP contribution in [0.15, 0.2) is 36.9 Å². The molecule has 0 saturated heterocycles. The summed E-state index contributed by atoms with van der Waals surface area (Å²) in [6.45, 7) is 8.32. The van der Waals surface area contributed by atoms with Crippen LogP contribution in [0.25, 0.3) is 0 Å². The molecular weight excluding hydrogens is 180 g/mol. The molecule has 0 bridgehead atoms. The average molecular weight is 202 g/mol. The van der Waals surface area contributed by atoms with Crippen LogP contribution in [0.2, 0.25) is 0 Å². The Morgan fingerprint density at radius 1 is 1.20 bits per heavy atom. The molecule has 0 aliphatic rings. The van der Waals surface area contributed by atoms with Gasteiger partial charge in [0.05, 0.1) is 0 Å². The molecule has 0 nitrogen and oxygen atoms in total. The van der Waals surface area contributed by atoms with Gasteiger partial charge in [-0.15, -0.1) is 6.58 Å². The molecule has 15 heavy (non-hydrogen) atoms. The van der Waals surface area contributed by atoms with Gasteiger partial charge < -0.3 is 0 Å². The Labute approximate surface area is 94.0 Å². The number of benzene rings is 1. The van der Waals surface area contributed by atoms with Gasteiger partial charge in [-0.1, -0.05) is 44.2 Å². The maximum atomic E-state index is 3.76. The quantitative estimate of drug-likeness (QED) is 0.474. The van der Waals surface area contributed by atoms with E-state index >= 15 is 0 Å². The van der Waals surface area contributed by atoms with Crippen molar-refractivity contribution in [3.63, 3.8) is 0 Å². The molecule has 82 valence electrons. The molecule has 0 heteroatoms. The molecule has 1 rings (SSSR count). The molecule has 0 aromatic heterocycles. The van der Waals surface area contributed by atoms with Crippen molar-refractivity contribution in [2.75, 3.05) is 0 Å². The zero-order valence-corrected chi connectivity index (χ0v) is 10.00. The van der Waals surface area contributed by atoms with E-state index in [0.717, 1.165) is 12.3 Å². The van der Waals surface area contributed by atoms with E-state index in [1.807, 2.05) is 6.08 Å². The van der Waals surface area contributed by atoms with Gasteiger partial charge in [0.25, 0.3) is 0 Å². The largest absolute Gasteiger partial charge is 0.103 e. The third-order valence-electron chi connectivity index (χ3n) is 2.60. The second-order valence-corrected chi connectivity index (χ2v) is 4.55. The summed E-state index contributed by atoms with van der Waals surface area (Å²) in [4.78, 5) is 0. The van der Waals surface area contributed by atoms with Gasteiger partial charge in [0.2, 0.25) is 0 Å². The Hall–Kier alpha value is -1.04. The van der Waals surface area contributed by atoms with Crippen LogP contribution >= 0.6 is 0 Å². The van der Waals surface area contributed by atoms with E-state index in [-0.39, 0.29) is 0 Å². The van der Waals surface area contributed by atoms with Gasteiger partial charge in [-0.2, -0.15) is 0 Å². The van der Waals surface area contributed by atoms with Crippen LogP contribution in [-0.2, 0) is 12.8 Å². The lowest BCUT2D eigenvalue weighted by molar-refractivity contribution is 0.640. The number of hydrogen-bond acceptors (Lipinski definition) is 0. The Balaban J connectivity index is 2.63. The van der Waals surface area contributed by atoms with E-state index in [9.17, 15) is 0 Å². The van der Waals surface area contributed by atoms with E-state index < -0.39 is 0 Å². The van der Waals surface area contributed by atoms with E-state index in [4.69, 9.17) is 0 Å². The van der Waals surface area contributed by atoms with Gasteiger partial charge in [0.15, 0.2) is 0 Å². The summed E-state index contributed by atoms with van der Waals surface area (Å²) < 4.78 is 0. The van der Waals surface area contributed by atoms with Gasteiger partial charge in [0.1, 0.15) is 0 Å². The van der Waals surface area contributed by atoms with Crippen molar-refractivity contribution in [2.24, 2.45) is 5.92 Å². The second kappa shape index (κ2) is 6.44. The van der Waals surface area contributed by atoms with Crippen LogP contribution in [0.5, 0.6) is 0 Å². The van der Waals surface area contributed by atoms with Gasteiger partial charge in [-0.25, -0.2) is 0 Å². The van der Waals surface area contributed by atoms with Crippen LogP contribution < -0.4 is 0 Å². The molecule has 1 aromatic carbocycles. The SMILES string of the molecule is C=CCCCc1ccccc1CC(C)C. The monoisotopic (exact) mass is 202 g/mol. The molecule has 0 amide bonds. The minimum atomic E-state index is 0.741. The summed E-state index contributed by atoms with van der Waals surface area (Å²) in [6, 6.07) is 8.83. The topological polar surface area (TPSA) is 0 Å². The number of allylic oxidation sites excluding steroid dienone is 1. The molecule has 0 N–H and O–H groups in total. The van der Waals surface area contributed by atoms with Crippen molar-refractivity contribution in [2.45, 2.75) is 39.5 Å². The molecule has 0 fully saturated rings. The second-order valence-electron chi connectivity index (χ2n) is 4.55. The normalized spacial score (nSPS) is 10.6. The predicted octanol–water partition coefficient (Wildman–Crippen LogP) is 4.39. The standard InChI is InChI=1S/C15H22/c1-4-5-6-9-14-10-7-8-11-15(14)12-13(2)3/h4,7-8,10-11,13H,1,5-6,9,12H2,2-3H3. The summed E-state index contributed by atoms with van der Waals surface area (Å²) in [5.41, 5.74) is 3.05. The van der Waals surface area contributed by atoms with Crippen molar-refractivity contribution in [1.29, 1.82) is 0 Å². The zero-order chi connectivity index (χ0) is 11.1. The lowest BCUT2D eigenvalue weighted by atomic mass is 9.95. The smallest absolute Gasteiger partial charge is 0.0253 e. The summed E-state index contributed by atoms with van der Waals surface area (Å²) in [7, 11) is 0. The van der Waals surface area contributed by atoms with Crippen LogP contribution in [0.4, 0.5) is 0 Å². The van der Waals surface area contributed by atoms with Crippen LogP contribution in [0, 0.1) is 5.92 Å². The Kier molecular flexibility index (Phi) is 5.17. The molecule has 0 spiro atoms. The first-order valence-corrected chi connectivity index (χ1v) is 5.91. The molecule has 0 atom stereocenters. The van der Waals surface area contributed by atoms with E-state index in [1.165, 1.54) is 30.4 Å². The zero-order valence-electron chi connectivity index (χ0n) is 10.00. The number of rotatable bonds is 6. The molecule has 0 aliphatic carbocycles. The van der Waals surface area contributed by atoms with Crippen LogP contribution in [0.3, 0.4) is 0 Å². The molecule has 0 saturated carbocycles. The minimum Gasteiger partial charge on any atom is -0.103 e. The lowest BCUT2D eigenvalue weighted by Gasteiger charge is -2.10. The fraction of sp³-hybridized carbons (Fsp3) is 0.467. The fourth-order valence-corrected chi connectivity index (χ4v) is 1.88. The molecule has 1 aromatic rings. The number of hydrogen-bond donors (Lipinski definition) is 0. The highest BCUT2D eigenvalue weighted by atomic mass is 14.1. The maximum Gasteiger partial charge on any atom is -0.0253 e. The van der Waals surface area contributed by atoms with Gasteiger partial charge in [-0.3, -0.25) is 0 Å². The third-order valence-corrected chi connectivity index (χ3v) is 2.60. The Morgan fingerprint density at radius 2 is 1.87 bits per heavy atom. The molecule has 0 aliphatic heterocycles.